The van der Waals surface area contributed by atoms with Gasteiger partial charge in [-0.3, -0.25) is 0 Å². The second-order valence-corrected chi connectivity index (χ2v) is 2.14. The van der Waals surface area contributed by atoms with Crippen LogP contribution in [0.4, 0.5) is 0 Å². The van der Waals surface area contributed by atoms with E-state index in [0.29, 0.717) is 0 Å². The third kappa shape index (κ3) is 4.89. The number of aryl methyl sites for hydroxylation is 1. The summed E-state index contributed by atoms with van der Waals surface area (Å²) in [4.78, 5) is 0. The van der Waals surface area contributed by atoms with Gasteiger partial charge in [-0.15, -0.1) is 12.1 Å². The summed E-state index contributed by atoms with van der Waals surface area (Å²) >= 11 is 4.25. The van der Waals surface area contributed by atoms with Crippen LogP contribution in [0.25, 0.3) is 0 Å². The number of benzene rings is 1. The number of hydrogen-bond donors (Lipinski definition) is 0. The molecule has 0 aliphatic carbocycles. The van der Waals surface area contributed by atoms with E-state index in [2.05, 4.69) is 19.7 Å². The summed E-state index contributed by atoms with van der Waals surface area (Å²) in [5.41, 5.74) is 1.12. The molecule has 1 aromatic rings. The third-order valence-corrected chi connectivity index (χ3v) is 1.23. The summed E-state index contributed by atoms with van der Waals surface area (Å²) < 4.78 is 5.27. The Kier molecular flexibility index (Phi) is 7.84. The Morgan fingerprint density at radius 2 is 2.25 bits per heavy atom. The molecule has 3 heteroatoms. The van der Waals surface area contributed by atoms with Gasteiger partial charge in [0.05, 0.1) is 6.61 Å². The fraction of sp³-hybridized carbons (Fsp3) is 0.333. The second kappa shape index (κ2) is 7.76. The molecular weight excluding hydrogens is 269 g/mol. The number of hydrogen-bond acceptors (Lipinski definition) is 1. The molecular formula is C9H11BrOZn. The van der Waals surface area contributed by atoms with Gasteiger partial charge in [-0.2, -0.15) is 17.7 Å². The molecule has 0 saturated carbocycles. The number of rotatable bonds is 2. The molecule has 1 aromatic carbocycles. The van der Waals surface area contributed by atoms with Crippen LogP contribution in [0, 0.1) is 13.0 Å². The molecule has 12 heavy (non-hydrogen) atoms. The van der Waals surface area contributed by atoms with Crippen molar-refractivity contribution in [1.29, 1.82) is 0 Å². The first-order valence-corrected chi connectivity index (χ1v) is 10.7. The SMILES string of the molecule is CCOc1cc[c-]c(C)c1.[Zn+][Br]. The second-order valence-electron chi connectivity index (χ2n) is 2.14. The molecule has 1 nitrogen and oxygen atoms in total. The quantitative estimate of drug-likeness (QED) is 0.598. The van der Waals surface area contributed by atoms with E-state index in [1.165, 1.54) is 16.3 Å². The molecule has 0 spiro atoms. The first kappa shape index (κ1) is 12.1. The van der Waals surface area contributed by atoms with E-state index in [0.717, 1.165) is 17.9 Å². The summed E-state index contributed by atoms with van der Waals surface area (Å²) in [5.74, 6) is 0.929. The number of halogens is 1. The Labute approximate surface area is 90.5 Å². The van der Waals surface area contributed by atoms with Gasteiger partial charge in [-0.05, 0) is 6.92 Å². The van der Waals surface area contributed by atoms with Crippen molar-refractivity contribution < 1.29 is 21.1 Å². The topological polar surface area (TPSA) is 9.23 Å². The molecule has 0 atom stereocenters. The Morgan fingerprint density at radius 1 is 1.58 bits per heavy atom. The fourth-order valence-electron chi connectivity index (χ4n) is 0.815. The van der Waals surface area contributed by atoms with Crippen LogP contribution >= 0.6 is 13.6 Å². The Morgan fingerprint density at radius 3 is 2.75 bits per heavy atom. The van der Waals surface area contributed by atoms with Crippen molar-refractivity contribution in [3.63, 3.8) is 0 Å². The van der Waals surface area contributed by atoms with Crippen molar-refractivity contribution in [2.45, 2.75) is 13.8 Å². The number of ether oxygens (including phenoxy) is 1. The van der Waals surface area contributed by atoms with E-state index in [-0.39, 0.29) is 0 Å². The van der Waals surface area contributed by atoms with Crippen molar-refractivity contribution in [2.75, 3.05) is 6.61 Å². The molecule has 0 amide bonds. The predicted octanol–water partition coefficient (Wildman–Crippen LogP) is 3.04. The molecule has 62 valence electrons. The zero-order chi connectivity index (χ0) is 9.40. The first-order valence-electron chi connectivity index (χ1n) is 3.71. The molecule has 0 heterocycles. The van der Waals surface area contributed by atoms with Crippen molar-refractivity contribution in [3.8, 4) is 5.75 Å². The molecule has 0 fully saturated rings. The summed E-state index contributed by atoms with van der Waals surface area (Å²) in [7, 11) is 0. The Bertz CT molecular complexity index is 215. The van der Waals surface area contributed by atoms with Gasteiger partial charge >= 0.3 is 30.0 Å². The maximum absolute atomic E-state index is 5.27. The van der Waals surface area contributed by atoms with Crippen LogP contribution in [0.1, 0.15) is 12.5 Å². The summed E-state index contributed by atoms with van der Waals surface area (Å²) in [6.07, 6.45) is 0. The zero-order valence-corrected chi connectivity index (χ0v) is 12.0. The summed E-state index contributed by atoms with van der Waals surface area (Å²) in [6, 6.07) is 8.81. The van der Waals surface area contributed by atoms with E-state index in [4.69, 9.17) is 4.74 Å². The van der Waals surface area contributed by atoms with Gasteiger partial charge in [0.15, 0.2) is 0 Å². The summed E-state index contributed by atoms with van der Waals surface area (Å²) in [5, 5.41) is 0. The minimum absolute atomic E-state index is 0.726. The van der Waals surface area contributed by atoms with Gasteiger partial charge in [0.25, 0.3) is 0 Å². The monoisotopic (exact) mass is 278 g/mol. The van der Waals surface area contributed by atoms with Gasteiger partial charge in [0.2, 0.25) is 0 Å². The molecule has 0 aliphatic heterocycles. The normalized spacial score (nSPS) is 8.42. The molecule has 0 unspecified atom stereocenters. The van der Waals surface area contributed by atoms with Crippen molar-refractivity contribution in [2.24, 2.45) is 0 Å². The first-order chi connectivity index (χ1) is 5.83. The fourth-order valence-corrected chi connectivity index (χ4v) is 0.815. The predicted molar refractivity (Wildman–Crippen MR) is 50.1 cm³/mol. The van der Waals surface area contributed by atoms with Crippen LogP contribution in [-0.4, -0.2) is 6.61 Å². The molecule has 0 bridgehead atoms. The van der Waals surface area contributed by atoms with Crippen molar-refractivity contribution in [3.05, 3.63) is 29.8 Å². The van der Waals surface area contributed by atoms with Gasteiger partial charge in [-0.25, -0.2) is 0 Å². The molecule has 0 radical (unpaired) electrons. The minimum atomic E-state index is 0.726. The van der Waals surface area contributed by atoms with Gasteiger partial charge in [0.1, 0.15) is 0 Å². The molecule has 0 aromatic heterocycles. The van der Waals surface area contributed by atoms with Crippen molar-refractivity contribution >= 4 is 13.6 Å². The average Bonchev–Trinajstić information content (AvgIpc) is 2.09. The van der Waals surface area contributed by atoms with Crippen LogP contribution < -0.4 is 4.74 Å². The maximum atomic E-state index is 5.27. The van der Waals surface area contributed by atoms with Gasteiger partial charge < -0.3 is 4.74 Å². The van der Waals surface area contributed by atoms with Crippen LogP contribution in [0.2, 0.25) is 0 Å². The van der Waals surface area contributed by atoms with Crippen molar-refractivity contribution in [1.82, 2.24) is 0 Å². The van der Waals surface area contributed by atoms with E-state index in [9.17, 15) is 0 Å². The molecule has 0 N–H and O–H groups in total. The molecule has 1 rings (SSSR count). The Hall–Kier alpha value is 0.123. The molecule has 0 aliphatic rings. The van der Waals surface area contributed by atoms with E-state index in [1.54, 1.807) is 0 Å². The van der Waals surface area contributed by atoms with Gasteiger partial charge in [0, 0.05) is 5.75 Å². The van der Waals surface area contributed by atoms with Gasteiger partial charge in [-0.1, -0.05) is 6.92 Å². The summed E-state index contributed by atoms with van der Waals surface area (Å²) in [6.45, 7) is 4.71. The van der Waals surface area contributed by atoms with Crippen LogP contribution in [0.15, 0.2) is 18.2 Å². The zero-order valence-electron chi connectivity index (χ0n) is 7.43. The average molecular weight is 280 g/mol. The Balaban J connectivity index is 0.000000561. The standard InChI is InChI=1S/C9H11O.BrH.Zn/c1-3-10-9-6-4-5-8(2)7-9;;/h4,6-7H,3H2,1-2H3;1H;/q-1;;+2/p-1. The third-order valence-electron chi connectivity index (χ3n) is 1.23. The van der Waals surface area contributed by atoms with Crippen LogP contribution in [0.3, 0.4) is 0 Å². The van der Waals surface area contributed by atoms with E-state index >= 15 is 0 Å². The van der Waals surface area contributed by atoms with Crippen LogP contribution in [-0.2, 0) is 16.3 Å². The molecule has 0 saturated heterocycles. The van der Waals surface area contributed by atoms with E-state index < -0.39 is 0 Å². The van der Waals surface area contributed by atoms with E-state index in [1.807, 2.05) is 32.0 Å². The van der Waals surface area contributed by atoms with Crippen LogP contribution in [0.5, 0.6) is 5.75 Å².